The number of hydrogen-bond acceptors (Lipinski definition) is 6. The molecule has 4 bridgehead atoms. The van der Waals surface area contributed by atoms with Gasteiger partial charge in [0.15, 0.2) is 0 Å². The molecule has 1 aromatic carbocycles. The van der Waals surface area contributed by atoms with Crippen LogP contribution in [-0.2, 0) is 14.3 Å². The molecule has 0 aromatic heterocycles. The highest BCUT2D eigenvalue weighted by atomic mass is 16.5. The maximum atomic E-state index is 12.5. The number of ether oxygens (including phenoxy) is 1. The zero-order valence-electron chi connectivity index (χ0n) is 20.1. The van der Waals surface area contributed by atoms with Crippen molar-refractivity contribution in [1.29, 1.82) is 0 Å². The van der Waals surface area contributed by atoms with Gasteiger partial charge in [-0.25, -0.2) is 4.79 Å². The summed E-state index contributed by atoms with van der Waals surface area (Å²) in [4.78, 5) is 37.7. The monoisotopic (exact) mass is 482 g/mol. The predicted molar refractivity (Wildman–Crippen MR) is 130 cm³/mol. The lowest BCUT2D eigenvalue weighted by Gasteiger charge is -2.57. The highest BCUT2D eigenvalue weighted by molar-refractivity contribution is 6.17. The fraction of sp³-hybridized carbons (Fsp3) is 0.577. The molecular formula is C26H34N4O5. The summed E-state index contributed by atoms with van der Waals surface area (Å²) in [6.45, 7) is 2.11. The molecule has 9 nitrogen and oxygen atoms in total. The number of urea groups is 1. The van der Waals surface area contributed by atoms with Gasteiger partial charge >= 0.3 is 6.03 Å². The zero-order chi connectivity index (χ0) is 24.6. The van der Waals surface area contributed by atoms with Crippen LogP contribution in [0.1, 0.15) is 45.4 Å². The highest BCUT2D eigenvalue weighted by Crippen LogP contribution is 2.57. The van der Waals surface area contributed by atoms with E-state index in [9.17, 15) is 14.4 Å². The average molecular weight is 483 g/mol. The summed E-state index contributed by atoms with van der Waals surface area (Å²) in [5.74, 6) is 1.49. The van der Waals surface area contributed by atoms with Gasteiger partial charge in [0.2, 0.25) is 0 Å². The SMILES string of the molecule is CC(CNC(=O)Nc1cccc(NC2=CC(=O)N(CCO)C2=O)c1)OC12CC3CC(CC(C3)C1)C2. The van der Waals surface area contributed by atoms with Crippen LogP contribution >= 0.6 is 0 Å². The number of hydrogen-bond donors (Lipinski definition) is 4. The summed E-state index contributed by atoms with van der Waals surface area (Å²) in [5.41, 5.74) is 1.24. The second kappa shape index (κ2) is 9.62. The van der Waals surface area contributed by atoms with Gasteiger partial charge in [0.05, 0.1) is 24.9 Å². The van der Waals surface area contributed by atoms with Crippen LogP contribution < -0.4 is 16.0 Å². The van der Waals surface area contributed by atoms with Crippen LogP contribution in [0.15, 0.2) is 36.0 Å². The Kier molecular flexibility index (Phi) is 6.55. The molecule has 5 aliphatic rings. The number of aliphatic hydroxyl groups is 1. The van der Waals surface area contributed by atoms with Crippen LogP contribution in [0.2, 0.25) is 0 Å². The largest absolute Gasteiger partial charge is 0.395 e. The van der Waals surface area contributed by atoms with Crippen LogP contribution in [-0.4, -0.2) is 59.3 Å². The number of nitrogens with zero attached hydrogens (tertiary/aromatic N) is 1. The fourth-order valence-corrected chi connectivity index (χ4v) is 6.80. The first-order valence-electron chi connectivity index (χ1n) is 12.6. The lowest BCUT2D eigenvalue weighted by Crippen LogP contribution is -2.54. The van der Waals surface area contributed by atoms with E-state index >= 15 is 0 Å². The molecule has 4 saturated carbocycles. The van der Waals surface area contributed by atoms with E-state index in [1.54, 1.807) is 24.3 Å². The number of amides is 4. The van der Waals surface area contributed by atoms with Crippen LogP contribution in [0.5, 0.6) is 0 Å². The molecule has 4 N–H and O–H groups in total. The average Bonchev–Trinajstić information content (AvgIpc) is 3.04. The van der Waals surface area contributed by atoms with Gasteiger partial charge in [-0.15, -0.1) is 0 Å². The van der Waals surface area contributed by atoms with Gasteiger partial charge in [-0.3, -0.25) is 14.5 Å². The zero-order valence-corrected chi connectivity index (χ0v) is 20.1. The van der Waals surface area contributed by atoms with Gasteiger partial charge in [0.25, 0.3) is 11.8 Å². The van der Waals surface area contributed by atoms with Crippen molar-refractivity contribution in [1.82, 2.24) is 10.2 Å². The Morgan fingerprint density at radius 3 is 2.46 bits per heavy atom. The van der Waals surface area contributed by atoms with Crippen molar-refractivity contribution in [2.24, 2.45) is 17.8 Å². The maximum absolute atomic E-state index is 12.5. The third kappa shape index (κ3) is 5.21. The number of β-amino-alcohol motifs (C(OH)–C–C–N with tert-alkyl or cyclic N) is 1. The molecule has 0 spiro atoms. The normalized spacial score (nSPS) is 29.8. The Bertz CT molecular complexity index is 1000. The van der Waals surface area contributed by atoms with E-state index in [1.165, 1.54) is 44.6 Å². The van der Waals surface area contributed by atoms with Crippen molar-refractivity contribution in [3.8, 4) is 0 Å². The number of aliphatic hydroxyl groups excluding tert-OH is 1. The van der Waals surface area contributed by atoms with E-state index in [1.807, 2.05) is 6.92 Å². The van der Waals surface area contributed by atoms with Crippen LogP contribution in [0.3, 0.4) is 0 Å². The van der Waals surface area contributed by atoms with Crippen molar-refractivity contribution < 1.29 is 24.2 Å². The molecule has 1 aromatic rings. The number of carbonyl (C=O) groups is 3. The maximum Gasteiger partial charge on any atom is 0.319 e. The van der Waals surface area contributed by atoms with Crippen molar-refractivity contribution in [3.05, 3.63) is 36.0 Å². The number of benzene rings is 1. The smallest absolute Gasteiger partial charge is 0.319 e. The minimum absolute atomic E-state index is 0.00677. The van der Waals surface area contributed by atoms with Crippen molar-refractivity contribution in [3.63, 3.8) is 0 Å². The second-order valence-electron chi connectivity index (χ2n) is 10.6. The topological polar surface area (TPSA) is 120 Å². The Balaban J connectivity index is 1.11. The standard InChI is InChI=1S/C26H34N4O5/c1-16(35-26-12-17-7-18(13-26)9-19(8-17)14-26)15-27-25(34)29-21-4-2-3-20(10-21)28-22-11-23(32)30(5-6-31)24(22)33/h2-4,10-11,16-19,28,31H,5-9,12-15H2,1H3,(H2,27,29,34). The van der Waals surface area contributed by atoms with Gasteiger partial charge in [0.1, 0.15) is 5.70 Å². The number of imide groups is 1. The van der Waals surface area contributed by atoms with Gasteiger partial charge in [0, 0.05) is 24.0 Å². The number of nitrogens with one attached hydrogen (secondary N) is 3. The summed E-state index contributed by atoms with van der Waals surface area (Å²) in [5, 5.41) is 17.7. The third-order valence-electron chi connectivity index (χ3n) is 7.72. The molecule has 35 heavy (non-hydrogen) atoms. The Labute approximate surface area is 205 Å². The molecule has 188 valence electrons. The Hall–Kier alpha value is -2.91. The molecule has 0 saturated heterocycles. The predicted octanol–water partition coefficient (Wildman–Crippen LogP) is 2.84. The minimum atomic E-state index is -0.492. The lowest BCUT2D eigenvalue weighted by atomic mass is 9.54. The molecule has 1 aliphatic heterocycles. The molecule has 1 atom stereocenters. The molecule has 1 unspecified atom stereocenters. The Morgan fingerprint density at radius 2 is 1.80 bits per heavy atom. The molecule has 1 heterocycles. The lowest BCUT2D eigenvalue weighted by molar-refractivity contribution is -0.182. The number of rotatable bonds is 9. The highest BCUT2D eigenvalue weighted by Gasteiger charge is 2.52. The fourth-order valence-electron chi connectivity index (χ4n) is 6.80. The third-order valence-corrected chi connectivity index (χ3v) is 7.72. The number of anilines is 2. The van der Waals surface area contributed by atoms with Crippen LogP contribution in [0, 0.1) is 17.8 Å². The van der Waals surface area contributed by atoms with E-state index in [0.717, 1.165) is 22.7 Å². The quantitative estimate of drug-likeness (QED) is 0.402. The van der Waals surface area contributed by atoms with E-state index in [4.69, 9.17) is 9.84 Å². The first-order chi connectivity index (χ1) is 16.8. The van der Waals surface area contributed by atoms with E-state index < -0.39 is 11.8 Å². The van der Waals surface area contributed by atoms with Crippen molar-refractivity contribution >= 4 is 29.2 Å². The van der Waals surface area contributed by atoms with Crippen molar-refractivity contribution in [2.45, 2.75) is 57.2 Å². The molecule has 4 aliphatic carbocycles. The summed E-state index contributed by atoms with van der Waals surface area (Å²) in [6, 6.07) is 6.57. The van der Waals surface area contributed by atoms with Crippen LogP contribution in [0.25, 0.3) is 0 Å². The first kappa shape index (κ1) is 23.8. The van der Waals surface area contributed by atoms with E-state index in [0.29, 0.717) is 17.9 Å². The summed E-state index contributed by atoms with van der Waals surface area (Å²) >= 11 is 0. The van der Waals surface area contributed by atoms with Crippen molar-refractivity contribution in [2.75, 3.05) is 30.3 Å². The summed E-state index contributed by atoms with van der Waals surface area (Å²) in [7, 11) is 0. The summed E-state index contributed by atoms with van der Waals surface area (Å²) in [6.07, 6.45) is 8.74. The summed E-state index contributed by atoms with van der Waals surface area (Å²) < 4.78 is 6.55. The minimum Gasteiger partial charge on any atom is -0.395 e. The molecular weight excluding hydrogens is 448 g/mol. The van der Waals surface area contributed by atoms with E-state index in [-0.39, 0.29) is 36.6 Å². The molecule has 6 rings (SSSR count). The van der Waals surface area contributed by atoms with Crippen LogP contribution in [0.4, 0.5) is 16.2 Å². The molecule has 9 heteroatoms. The van der Waals surface area contributed by atoms with Gasteiger partial charge in [-0.2, -0.15) is 0 Å². The van der Waals surface area contributed by atoms with Gasteiger partial charge < -0.3 is 25.8 Å². The van der Waals surface area contributed by atoms with E-state index in [2.05, 4.69) is 16.0 Å². The molecule has 4 fully saturated rings. The van der Waals surface area contributed by atoms with Gasteiger partial charge in [-0.1, -0.05) is 6.07 Å². The second-order valence-corrected chi connectivity index (χ2v) is 10.6. The Morgan fingerprint density at radius 1 is 1.14 bits per heavy atom. The molecule has 4 amide bonds. The molecule has 0 radical (unpaired) electrons. The number of carbonyl (C=O) groups excluding carboxylic acids is 3. The first-order valence-corrected chi connectivity index (χ1v) is 12.6. The van der Waals surface area contributed by atoms with Gasteiger partial charge in [-0.05, 0) is 81.4 Å².